The van der Waals surface area contributed by atoms with Gasteiger partial charge in [-0.3, -0.25) is 4.79 Å². The van der Waals surface area contributed by atoms with Crippen LogP contribution in [0, 0.1) is 27.7 Å². The molecule has 10 nitrogen and oxygen atoms in total. The number of benzene rings is 4. The highest BCUT2D eigenvalue weighted by Gasteiger charge is 2.37. The minimum Gasteiger partial charge on any atom is -0.494 e. The van der Waals surface area contributed by atoms with Crippen LogP contribution in [0.4, 0.5) is 5.69 Å². The average molecular weight is 817 g/mol. The number of hydrogen-bond donors (Lipinski definition) is 1. The fraction of sp³-hybridized carbons (Fsp3) is 0.261. The zero-order valence-electron chi connectivity index (χ0n) is 33.2. The van der Waals surface area contributed by atoms with E-state index in [2.05, 4.69) is 26.4 Å². The number of halogens is 2. The summed E-state index contributed by atoms with van der Waals surface area (Å²) >= 11 is 13.6. The second kappa shape index (κ2) is 15.8. The molecule has 0 spiro atoms. The number of aryl methyl sites for hydroxylation is 5. The smallest absolute Gasteiger partial charge is 0.354 e. The van der Waals surface area contributed by atoms with Crippen LogP contribution in [0.1, 0.15) is 74.0 Å². The molecule has 3 aromatic heterocycles. The van der Waals surface area contributed by atoms with E-state index in [1.54, 1.807) is 17.3 Å². The van der Waals surface area contributed by atoms with Crippen LogP contribution in [-0.4, -0.2) is 51.7 Å². The van der Waals surface area contributed by atoms with Gasteiger partial charge in [0.1, 0.15) is 35.8 Å². The second-order valence-electron chi connectivity index (χ2n) is 14.9. The standard InChI is InChI=1S/C46H43Cl2N5O5/c1-25-17-32(18-26(2)41(25)48)57-16-10-13-34-35-14-15-36(47)40(39-28(4)49-24-50-29(39)5)43(35)53-27(3)22-52(45(54)44(34)53)38-21-33(58-23-30-11-8-7-9-12-30)19-31-20-37(46(55)56-6)51-42(31)38/h7-9,11-12,14-15,17-21,24,27,51H,10,13,16,22-23H2,1-6H3/t27-/m1/s1. The maximum absolute atomic E-state index is 15.4. The van der Waals surface area contributed by atoms with Crippen molar-refractivity contribution < 1.29 is 23.8 Å². The van der Waals surface area contributed by atoms with Crippen LogP contribution in [0.3, 0.4) is 0 Å². The summed E-state index contributed by atoms with van der Waals surface area (Å²) in [7, 11) is 1.34. The minimum atomic E-state index is -0.513. The van der Waals surface area contributed by atoms with Gasteiger partial charge in [-0.25, -0.2) is 14.8 Å². The van der Waals surface area contributed by atoms with E-state index >= 15 is 4.79 Å². The van der Waals surface area contributed by atoms with E-state index < -0.39 is 5.97 Å². The van der Waals surface area contributed by atoms with Crippen molar-refractivity contribution in [2.75, 3.05) is 25.2 Å². The molecule has 12 heteroatoms. The maximum Gasteiger partial charge on any atom is 0.354 e. The van der Waals surface area contributed by atoms with E-state index in [4.69, 9.17) is 37.4 Å². The summed E-state index contributed by atoms with van der Waals surface area (Å²) in [4.78, 5) is 42.3. The molecule has 1 atom stereocenters. The van der Waals surface area contributed by atoms with Gasteiger partial charge in [-0.15, -0.1) is 0 Å². The number of anilines is 1. The quantitative estimate of drug-likeness (QED) is 0.102. The Labute approximate surface area is 346 Å². The predicted octanol–water partition coefficient (Wildman–Crippen LogP) is 10.7. The molecular weight excluding hydrogens is 773 g/mol. The third-order valence-electron chi connectivity index (χ3n) is 10.9. The first-order chi connectivity index (χ1) is 27.9. The number of rotatable bonds is 11. The highest BCUT2D eigenvalue weighted by molar-refractivity contribution is 6.35. The number of amides is 1. The monoisotopic (exact) mass is 815 g/mol. The largest absolute Gasteiger partial charge is 0.494 e. The molecule has 7 aromatic rings. The molecule has 0 radical (unpaired) electrons. The summed E-state index contributed by atoms with van der Waals surface area (Å²) < 4.78 is 19.8. The first kappa shape index (κ1) is 39.0. The minimum absolute atomic E-state index is 0.190. The highest BCUT2D eigenvalue weighted by Crippen LogP contribution is 2.45. The molecule has 1 amide bonds. The van der Waals surface area contributed by atoms with E-state index in [1.807, 2.05) is 94.4 Å². The average Bonchev–Trinajstić information content (AvgIpc) is 3.80. The molecule has 1 aliphatic heterocycles. The summed E-state index contributed by atoms with van der Waals surface area (Å²) in [5.74, 6) is 0.603. The van der Waals surface area contributed by atoms with Gasteiger partial charge in [0.15, 0.2) is 0 Å². The molecule has 4 aromatic carbocycles. The zero-order chi connectivity index (χ0) is 40.8. The number of hydrogen-bond acceptors (Lipinski definition) is 7. The Bertz CT molecular complexity index is 2700. The van der Waals surface area contributed by atoms with Crippen molar-refractivity contribution >= 4 is 62.6 Å². The number of nitrogens with one attached hydrogen (secondary N) is 1. The lowest BCUT2D eigenvalue weighted by Crippen LogP contribution is -2.42. The van der Waals surface area contributed by atoms with Crippen LogP contribution in [0.25, 0.3) is 32.9 Å². The Balaban J connectivity index is 1.26. The third kappa shape index (κ3) is 7.05. The van der Waals surface area contributed by atoms with Gasteiger partial charge in [0, 0.05) is 57.0 Å². The van der Waals surface area contributed by atoms with Gasteiger partial charge in [-0.1, -0.05) is 59.6 Å². The van der Waals surface area contributed by atoms with Crippen LogP contribution in [-0.2, 0) is 17.8 Å². The lowest BCUT2D eigenvalue weighted by Gasteiger charge is -2.35. The Hall–Kier alpha value is -5.84. The van der Waals surface area contributed by atoms with Crippen molar-refractivity contribution in [2.45, 2.75) is 60.1 Å². The fourth-order valence-electron chi connectivity index (χ4n) is 8.21. The molecule has 0 unspecified atom stereocenters. The lowest BCUT2D eigenvalue weighted by molar-refractivity contribution is 0.0595. The van der Waals surface area contributed by atoms with Gasteiger partial charge in [0.2, 0.25) is 0 Å². The number of aromatic nitrogens is 4. The van der Waals surface area contributed by atoms with Crippen LogP contribution < -0.4 is 14.4 Å². The van der Waals surface area contributed by atoms with Crippen molar-refractivity contribution in [3.05, 3.63) is 134 Å². The summed E-state index contributed by atoms with van der Waals surface area (Å²) in [5.41, 5.74) is 9.93. The van der Waals surface area contributed by atoms with Crippen LogP contribution >= 0.6 is 23.2 Å². The lowest BCUT2D eigenvalue weighted by atomic mass is 9.97. The van der Waals surface area contributed by atoms with E-state index in [0.717, 1.165) is 66.4 Å². The van der Waals surface area contributed by atoms with Crippen LogP contribution in [0.15, 0.2) is 79.1 Å². The first-order valence-corrected chi connectivity index (χ1v) is 20.0. The molecule has 8 rings (SSSR count). The summed E-state index contributed by atoms with van der Waals surface area (Å²) in [5, 5.41) is 2.91. The first-order valence-electron chi connectivity index (χ1n) is 19.2. The second-order valence-corrected chi connectivity index (χ2v) is 15.7. The number of ether oxygens (including phenoxy) is 3. The Kier molecular flexibility index (Phi) is 10.6. The molecule has 1 N–H and O–H groups in total. The van der Waals surface area contributed by atoms with Crippen molar-refractivity contribution in [3.8, 4) is 22.6 Å². The number of carbonyl (C=O) groups excluding carboxylic acids is 2. The predicted molar refractivity (Wildman–Crippen MR) is 229 cm³/mol. The van der Waals surface area contributed by atoms with E-state index in [0.29, 0.717) is 65.7 Å². The molecule has 0 fully saturated rings. The molecule has 0 bridgehead atoms. The van der Waals surface area contributed by atoms with E-state index in [9.17, 15) is 4.79 Å². The van der Waals surface area contributed by atoms with E-state index in [1.165, 1.54) is 7.11 Å². The number of H-pyrrole nitrogens is 1. The number of aromatic amines is 1. The highest BCUT2D eigenvalue weighted by atomic mass is 35.5. The third-order valence-corrected chi connectivity index (χ3v) is 11.8. The van der Waals surface area contributed by atoms with Crippen molar-refractivity contribution in [1.82, 2.24) is 19.5 Å². The van der Waals surface area contributed by atoms with Gasteiger partial charge in [-0.05, 0) is 100 Å². The zero-order valence-corrected chi connectivity index (χ0v) is 34.7. The van der Waals surface area contributed by atoms with Crippen LogP contribution in [0.5, 0.6) is 11.5 Å². The van der Waals surface area contributed by atoms with Crippen molar-refractivity contribution in [3.63, 3.8) is 0 Å². The summed E-state index contributed by atoms with van der Waals surface area (Å²) in [6.45, 7) is 11.0. The Morgan fingerprint density at radius 3 is 2.31 bits per heavy atom. The Morgan fingerprint density at radius 1 is 0.897 bits per heavy atom. The van der Waals surface area contributed by atoms with Gasteiger partial charge >= 0.3 is 5.97 Å². The van der Waals surface area contributed by atoms with Gasteiger partial charge in [0.05, 0.1) is 35.5 Å². The number of nitrogens with zero attached hydrogens (tertiary/aromatic N) is 4. The molecule has 4 heterocycles. The van der Waals surface area contributed by atoms with E-state index in [-0.39, 0.29) is 17.6 Å². The van der Waals surface area contributed by atoms with Gasteiger partial charge in [-0.2, -0.15) is 0 Å². The SMILES string of the molecule is COC(=O)c1cc2cc(OCc3ccccc3)cc(N3C[C@@H](C)n4c(c(CCCOc5cc(C)c(Cl)c(C)c5)c5ccc(Cl)c(-c6c(C)ncnc6C)c54)C3=O)c2[nH]1. The number of carbonyl (C=O) groups is 2. The molecule has 1 aliphatic rings. The molecule has 0 saturated heterocycles. The Morgan fingerprint density at radius 2 is 1.60 bits per heavy atom. The summed E-state index contributed by atoms with van der Waals surface area (Å²) in [6.07, 6.45) is 2.73. The molecule has 0 aliphatic carbocycles. The van der Waals surface area contributed by atoms with Gasteiger partial charge in [0.25, 0.3) is 5.91 Å². The normalized spacial score (nSPS) is 14.0. The molecule has 58 heavy (non-hydrogen) atoms. The summed E-state index contributed by atoms with van der Waals surface area (Å²) in [6, 6.07) is 22.9. The topological polar surface area (TPSA) is 112 Å². The molecular formula is C46H43Cl2N5O5. The van der Waals surface area contributed by atoms with Gasteiger partial charge < -0.3 is 28.7 Å². The van der Waals surface area contributed by atoms with Crippen molar-refractivity contribution in [1.29, 1.82) is 0 Å². The van der Waals surface area contributed by atoms with Crippen molar-refractivity contribution in [2.24, 2.45) is 0 Å². The number of esters is 1. The molecule has 296 valence electrons. The molecule has 0 saturated carbocycles. The number of methoxy groups -OCH3 is 1. The maximum atomic E-state index is 15.4. The number of fused-ring (bicyclic) bond motifs is 4. The fourth-order valence-corrected chi connectivity index (χ4v) is 8.57. The van der Waals surface area contributed by atoms with Crippen LogP contribution in [0.2, 0.25) is 10.0 Å².